The molecule has 0 N–H and O–H groups in total. The van der Waals surface area contributed by atoms with E-state index in [9.17, 15) is 9.59 Å². The molecule has 0 saturated heterocycles. The van der Waals surface area contributed by atoms with E-state index in [-0.39, 0.29) is 29.2 Å². The van der Waals surface area contributed by atoms with Crippen molar-refractivity contribution < 1.29 is 19.1 Å². The molecule has 2 atom stereocenters. The van der Waals surface area contributed by atoms with Crippen LogP contribution >= 0.6 is 0 Å². The van der Waals surface area contributed by atoms with E-state index >= 15 is 0 Å². The first kappa shape index (κ1) is 17.8. The molecule has 0 heterocycles. The summed E-state index contributed by atoms with van der Waals surface area (Å²) in [5, 5.41) is 0. The molecule has 0 aliphatic heterocycles. The van der Waals surface area contributed by atoms with Crippen LogP contribution in [0.2, 0.25) is 0 Å². The molecule has 4 heteroatoms. The standard InChI is InChI=1S/C23H24O4/c1-3-26-20(24)12-16-8-9-17-10-11-18-6-5-7-19(13-21(25)27-4-2)23(18)15-22(17,23)14-16/h5-11,14H,3-4,12-13,15H2,1-2H3. The molecule has 0 amide bonds. The van der Waals surface area contributed by atoms with E-state index in [1.54, 1.807) is 0 Å². The third kappa shape index (κ3) is 2.66. The molecule has 2 spiro atoms. The first-order valence-electron chi connectivity index (χ1n) is 9.57. The highest BCUT2D eigenvalue weighted by molar-refractivity contribution is 5.78. The predicted octanol–water partition coefficient (Wildman–Crippen LogP) is 4.13. The van der Waals surface area contributed by atoms with Crippen LogP contribution in [0.1, 0.15) is 33.1 Å². The lowest BCUT2D eigenvalue weighted by Crippen LogP contribution is -2.26. The Balaban J connectivity index is 1.67. The van der Waals surface area contributed by atoms with Gasteiger partial charge in [-0.15, -0.1) is 0 Å². The first-order chi connectivity index (χ1) is 13.1. The minimum absolute atomic E-state index is 0.170. The fourth-order valence-electron chi connectivity index (χ4n) is 4.84. The van der Waals surface area contributed by atoms with E-state index in [2.05, 4.69) is 36.5 Å². The number of esters is 2. The molecule has 2 unspecified atom stereocenters. The van der Waals surface area contributed by atoms with Gasteiger partial charge in [-0.3, -0.25) is 9.59 Å². The average molecular weight is 364 g/mol. The summed E-state index contributed by atoms with van der Waals surface area (Å²) in [6, 6.07) is 0. The monoisotopic (exact) mass is 364 g/mol. The number of ether oxygens (including phenoxy) is 2. The lowest BCUT2D eigenvalue weighted by atomic mass is 9.68. The molecule has 4 aliphatic carbocycles. The van der Waals surface area contributed by atoms with Crippen molar-refractivity contribution in [3.63, 3.8) is 0 Å². The van der Waals surface area contributed by atoms with Gasteiger partial charge in [0, 0.05) is 10.8 Å². The Kier molecular flexibility index (Phi) is 4.29. The van der Waals surface area contributed by atoms with Gasteiger partial charge in [-0.1, -0.05) is 48.6 Å². The van der Waals surface area contributed by atoms with Crippen LogP contribution in [0.5, 0.6) is 0 Å². The molecule has 0 aromatic heterocycles. The van der Waals surface area contributed by atoms with Gasteiger partial charge in [0.05, 0.1) is 26.1 Å². The molecule has 0 aromatic rings. The minimum Gasteiger partial charge on any atom is -0.466 e. The normalized spacial score (nSPS) is 29.3. The first-order valence-corrected chi connectivity index (χ1v) is 9.57. The summed E-state index contributed by atoms with van der Waals surface area (Å²) < 4.78 is 10.3. The van der Waals surface area contributed by atoms with Crippen LogP contribution in [0.3, 0.4) is 0 Å². The third-order valence-corrected chi connectivity index (χ3v) is 5.95. The minimum atomic E-state index is -0.204. The summed E-state index contributed by atoms with van der Waals surface area (Å²) in [5.74, 6) is -0.391. The highest BCUT2D eigenvalue weighted by atomic mass is 16.5. The van der Waals surface area contributed by atoms with Gasteiger partial charge in [0.2, 0.25) is 0 Å². The van der Waals surface area contributed by atoms with Gasteiger partial charge in [0.15, 0.2) is 0 Å². The van der Waals surface area contributed by atoms with E-state index in [0.717, 1.165) is 17.6 Å². The van der Waals surface area contributed by atoms with Crippen LogP contribution in [0.4, 0.5) is 0 Å². The summed E-state index contributed by atoms with van der Waals surface area (Å²) in [4.78, 5) is 24.1. The van der Waals surface area contributed by atoms with Crippen molar-refractivity contribution in [1.29, 1.82) is 0 Å². The molecule has 140 valence electrons. The molecule has 1 saturated carbocycles. The number of hydrogen-bond acceptors (Lipinski definition) is 4. The van der Waals surface area contributed by atoms with Gasteiger partial charge in [-0.05, 0) is 42.6 Å². The lowest BCUT2D eigenvalue weighted by Gasteiger charge is -2.34. The van der Waals surface area contributed by atoms with Crippen molar-refractivity contribution in [3.05, 3.63) is 70.9 Å². The Morgan fingerprint density at radius 2 is 1.63 bits per heavy atom. The number of rotatable bonds is 6. The second kappa shape index (κ2) is 6.52. The summed E-state index contributed by atoms with van der Waals surface area (Å²) in [6.07, 6.45) is 18.4. The SMILES string of the molecule is CCOC(=O)CC1=CC23CC24C(=CC=C3C=C1)C=CC=C4CC(=O)OCC. The van der Waals surface area contributed by atoms with Crippen LogP contribution in [-0.4, -0.2) is 25.2 Å². The van der Waals surface area contributed by atoms with Gasteiger partial charge < -0.3 is 9.47 Å². The van der Waals surface area contributed by atoms with Gasteiger partial charge in [0.1, 0.15) is 0 Å². The Morgan fingerprint density at radius 3 is 2.37 bits per heavy atom. The topological polar surface area (TPSA) is 52.6 Å². The van der Waals surface area contributed by atoms with Gasteiger partial charge >= 0.3 is 11.9 Å². The van der Waals surface area contributed by atoms with Crippen LogP contribution in [0.25, 0.3) is 0 Å². The zero-order chi connectivity index (χ0) is 19.1. The maximum Gasteiger partial charge on any atom is 0.310 e. The highest BCUT2D eigenvalue weighted by Gasteiger charge is 2.71. The Bertz CT molecular complexity index is 880. The summed E-state index contributed by atoms with van der Waals surface area (Å²) in [5.41, 5.74) is 4.19. The Labute approximate surface area is 159 Å². The van der Waals surface area contributed by atoms with Crippen molar-refractivity contribution in [3.8, 4) is 0 Å². The maximum atomic E-state index is 12.2. The fraction of sp³-hybridized carbons (Fsp3) is 0.391. The van der Waals surface area contributed by atoms with E-state index < -0.39 is 0 Å². The number of hydrogen-bond donors (Lipinski definition) is 0. The van der Waals surface area contributed by atoms with Gasteiger partial charge in [-0.2, -0.15) is 0 Å². The van der Waals surface area contributed by atoms with Gasteiger partial charge in [0.25, 0.3) is 0 Å². The summed E-state index contributed by atoms with van der Waals surface area (Å²) in [6.45, 7) is 4.42. The molecule has 4 rings (SSSR count). The predicted molar refractivity (Wildman–Crippen MR) is 103 cm³/mol. The quantitative estimate of drug-likeness (QED) is 0.665. The lowest BCUT2D eigenvalue weighted by molar-refractivity contribution is -0.143. The zero-order valence-corrected chi connectivity index (χ0v) is 15.8. The molecule has 1 fully saturated rings. The Morgan fingerprint density at radius 1 is 0.926 bits per heavy atom. The molecule has 4 aliphatic rings. The smallest absolute Gasteiger partial charge is 0.310 e. The summed E-state index contributed by atoms with van der Waals surface area (Å²) in [7, 11) is 0. The van der Waals surface area contributed by atoms with Crippen molar-refractivity contribution in [2.45, 2.75) is 33.1 Å². The fourth-order valence-corrected chi connectivity index (χ4v) is 4.84. The van der Waals surface area contributed by atoms with Crippen LogP contribution in [-0.2, 0) is 19.1 Å². The van der Waals surface area contributed by atoms with Crippen molar-refractivity contribution >= 4 is 11.9 Å². The van der Waals surface area contributed by atoms with Gasteiger partial charge in [-0.25, -0.2) is 0 Å². The summed E-state index contributed by atoms with van der Waals surface area (Å²) >= 11 is 0. The molecule has 0 bridgehead atoms. The highest BCUT2D eigenvalue weighted by Crippen LogP contribution is 2.79. The van der Waals surface area contributed by atoms with E-state index in [1.165, 1.54) is 11.1 Å². The molecule has 4 nitrogen and oxygen atoms in total. The van der Waals surface area contributed by atoms with Crippen LogP contribution < -0.4 is 0 Å². The Hall–Kier alpha value is -2.62. The van der Waals surface area contributed by atoms with E-state index in [1.807, 2.05) is 26.0 Å². The van der Waals surface area contributed by atoms with Crippen molar-refractivity contribution in [2.24, 2.45) is 10.8 Å². The van der Waals surface area contributed by atoms with Crippen molar-refractivity contribution in [2.75, 3.05) is 13.2 Å². The van der Waals surface area contributed by atoms with Crippen LogP contribution in [0.15, 0.2) is 70.9 Å². The van der Waals surface area contributed by atoms with Crippen LogP contribution in [0, 0.1) is 10.8 Å². The molecular formula is C23H24O4. The van der Waals surface area contributed by atoms with Crippen molar-refractivity contribution in [1.82, 2.24) is 0 Å². The number of allylic oxidation sites excluding steroid dienone is 10. The largest absolute Gasteiger partial charge is 0.466 e. The second-order valence-corrected chi connectivity index (χ2v) is 7.36. The third-order valence-electron chi connectivity index (χ3n) is 5.95. The zero-order valence-electron chi connectivity index (χ0n) is 15.8. The molecule has 0 radical (unpaired) electrons. The number of carbonyl (C=O) groups is 2. The van der Waals surface area contributed by atoms with E-state index in [0.29, 0.717) is 19.6 Å². The number of carbonyl (C=O) groups excluding carboxylic acids is 2. The molecule has 27 heavy (non-hydrogen) atoms. The average Bonchev–Trinajstić information content (AvgIpc) is 3.29. The maximum absolute atomic E-state index is 12.2. The second-order valence-electron chi connectivity index (χ2n) is 7.36. The molecule has 0 aromatic carbocycles. The van der Waals surface area contributed by atoms with E-state index in [4.69, 9.17) is 9.47 Å². The molecular weight excluding hydrogens is 340 g/mol.